The summed E-state index contributed by atoms with van der Waals surface area (Å²) in [5.41, 5.74) is 4.23. The van der Waals surface area contributed by atoms with Gasteiger partial charge in [0.1, 0.15) is 17.1 Å². The quantitative estimate of drug-likeness (QED) is 0.202. The molecule has 224 valence electrons. The summed E-state index contributed by atoms with van der Waals surface area (Å²) in [4.78, 5) is 19.3. The third kappa shape index (κ3) is 12.7. The van der Waals surface area contributed by atoms with Crippen LogP contribution in [0.3, 0.4) is 0 Å². The van der Waals surface area contributed by atoms with Crippen molar-refractivity contribution in [2.45, 2.75) is 144 Å². The highest BCUT2D eigenvalue weighted by Crippen LogP contribution is 2.44. The van der Waals surface area contributed by atoms with Gasteiger partial charge in [0.15, 0.2) is 0 Å². The first-order chi connectivity index (χ1) is 18.2. The van der Waals surface area contributed by atoms with Crippen molar-refractivity contribution in [2.24, 2.45) is 17.8 Å². The van der Waals surface area contributed by atoms with Crippen molar-refractivity contribution >= 4 is 11.9 Å². The molecule has 6 heteroatoms. The molecule has 0 radical (unpaired) electrons. The molecule has 2 rings (SSSR count). The van der Waals surface area contributed by atoms with E-state index in [4.69, 9.17) is 14.9 Å². The van der Waals surface area contributed by atoms with Crippen LogP contribution >= 0.6 is 0 Å². The van der Waals surface area contributed by atoms with E-state index in [2.05, 4.69) is 41.5 Å². The molecule has 1 aliphatic heterocycles. The third-order valence-electron chi connectivity index (χ3n) is 8.42. The van der Waals surface area contributed by atoms with E-state index in [9.17, 15) is 14.7 Å². The van der Waals surface area contributed by atoms with Crippen LogP contribution in [0.2, 0.25) is 0 Å². The Hall–Kier alpha value is -2.24. The lowest BCUT2D eigenvalue weighted by Crippen LogP contribution is -2.37. The van der Waals surface area contributed by atoms with Crippen LogP contribution in [0, 0.1) is 38.5 Å². The van der Waals surface area contributed by atoms with Crippen LogP contribution in [-0.2, 0) is 16.0 Å². The number of rotatable bonds is 15. The summed E-state index contributed by atoms with van der Waals surface area (Å²) >= 11 is 0. The molecule has 1 heterocycles. The molecule has 39 heavy (non-hydrogen) atoms. The topological polar surface area (TPSA) is 104 Å². The zero-order valence-electron chi connectivity index (χ0n) is 26.0. The Balaban J connectivity index is 0.000000824. The van der Waals surface area contributed by atoms with E-state index in [0.717, 1.165) is 59.5 Å². The predicted molar refractivity (Wildman–Crippen MR) is 159 cm³/mol. The minimum Gasteiger partial charge on any atom is -0.507 e. The van der Waals surface area contributed by atoms with Gasteiger partial charge in [0.2, 0.25) is 0 Å². The molecule has 3 N–H and O–H groups in total. The average Bonchev–Trinajstić information content (AvgIpc) is 2.85. The summed E-state index contributed by atoms with van der Waals surface area (Å²) < 4.78 is 6.60. The standard InChI is InChI=1S/C29H50O2.C4H6O4/c1-20(2)12-9-13-21(3)14-10-15-22(4)16-11-18-29(8)19-17-26-25(7)27(30)23(5)24(6)28(26)31-29;5-3(6)1-2-4(7)8/h20-22,30H,9-19H2,1-8H3;1-2H2,(H,5,6)(H,7,8)/t21-,22-,29-;/m1./s1. The fourth-order valence-electron chi connectivity index (χ4n) is 5.49. The van der Waals surface area contributed by atoms with Gasteiger partial charge in [-0.1, -0.05) is 72.6 Å². The second kappa shape index (κ2) is 16.8. The number of carboxylic acids is 2. The number of ether oxygens (including phenoxy) is 1. The average molecular weight is 549 g/mol. The fourth-order valence-corrected chi connectivity index (χ4v) is 5.49. The van der Waals surface area contributed by atoms with Crippen molar-refractivity contribution in [1.29, 1.82) is 0 Å². The second-order valence-electron chi connectivity index (χ2n) is 12.7. The molecule has 0 bridgehead atoms. The minimum atomic E-state index is -1.08. The molecule has 0 saturated carbocycles. The van der Waals surface area contributed by atoms with Gasteiger partial charge in [-0.3, -0.25) is 9.59 Å². The van der Waals surface area contributed by atoms with E-state index >= 15 is 0 Å². The Morgan fingerprint density at radius 2 is 1.28 bits per heavy atom. The number of carbonyl (C=O) groups is 2. The molecule has 0 amide bonds. The second-order valence-corrected chi connectivity index (χ2v) is 12.7. The Morgan fingerprint density at radius 3 is 1.77 bits per heavy atom. The van der Waals surface area contributed by atoms with Crippen molar-refractivity contribution in [2.75, 3.05) is 0 Å². The van der Waals surface area contributed by atoms with E-state index in [-0.39, 0.29) is 18.4 Å². The van der Waals surface area contributed by atoms with E-state index < -0.39 is 11.9 Å². The molecule has 0 aliphatic carbocycles. The molecule has 1 aliphatic rings. The Morgan fingerprint density at radius 1 is 0.795 bits per heavy atom. The maximum absolute atomic E-state index is 10.4. The third-order valence-corrected chi connectivity index (χ3v) is 8.42. The summed E-state index contributed by atoms with van der Waals surface area (Å²) in [6.45, 7) is 17.9. The van der Waals surface area contributed by atoms with Crippen LogP contribution in [-0.4, -0.2) is 32.9 Å². The maximum atomic E-state index is 10.4. The number of hydrogen-bond donors (Lipinski definition) is 3. The largest absolute Gasteiger partial charge is 0.507 e. The van der Waals surface area contributed by atoms with Gasteiger partial charge in [0.05, 0.1) is 12.8 Å². The van der Waals surface area contributed by atoms with Crippen LogP contribution < -0.4 is 4.74 Å². The Labute approximate surface area is 237 Å². The lowest BCUT2D eigenvalue weighted by Gasteiger charge is -2.38. The summed E-state index contributed by atoms with van der Waals surface area (Å²) in [5.74, 6) is 1.88. The van der Waals surface area contributed by atoms with Gasteiger partial charge in [-0.15, -0.1) is 0 Å². The summed E-state index contributed by atoms with van der Waals surface area (Å²) in [5, 5.41) is 26.2. The number of aromatic hydroxyl groups is 1. The molecule has 1 aromatic carbocycles. The van der Waals surface area contributed by atoms with Crippen LogP contribution in [0.15, 0.2) is 0 Å². The first-order valence-corrected chi connectivity index (χ1v) is 15.1. The molecule has 3 atom stereocenters. The van der Waals surface area contributed by atoms with Gasteiger partial charge >= 0.3 is 11.9 Å². The molecule has 0 unspecified atom stereocenters. The summed E-state index contributed by atoms with van der Waals surface area (Å²) in [6.07, 6.45) is 13.5. The smallest absolute Gasteiger partial charge is 0.303 e. The molecule has 0 saturated heterocycles. The predicted octanol–water partition coefficient (Wildman–Crippen LogP) is 8.78. The van der Waals surface area contributed by atoms with E-state index in [1.54, 1.807) is 0 Å². The highest BCUT2D eigenvalue weighted by atomic mass is 16.5. The highest BCUT2D eigenvalue weighted by molar-refractivity contribution is 5.75. The van der Waals surface area contributed by atoms with Crippen LogP contribution in [0.5, 0.6) is 11.5 Å². The van der Waals surface area contributed by atoms with Crippen LogP contribution in [0.4, 0.5) is 0 Å². The fraction of sp³-hybridized carbons (Fsp3) is 0.758. The van der Waals surface area contributed by atoms with Crippen molar-refractivity contribution in [3.05, 3.63) is 22.3 Å². The van der Waals surface area contributed by atoms with Gasteiger partial charge in [0.25, 0.3) is 0 Å². The van der Waals surface area contributed by atoms with Crippen molar-refractivity contribution in [1.82, 2.24) is 0 Å². The number of phenolic OH excluding ortho intramolecular Hbond substituents is 1. The van der Waals surface area contributed by atoms with Gasteiger partial charge in [-0.2, -0.15) is 0 Å². The van der Waals surface area contributed by atoms with E-state index in [1.807, 2.05) is 13.8 Å². The number of benzene rings is 1. The highest BCUT2D eigenvalue weighted by Gasteiger charge is 2.34. The number of aliphatic carboxylic acids is 2. The molecular formula is C33H56O6. The minimum absolute atomic E-state index is 0.0712. The number of fused-ring (bicyclic) bond motifs is 1. The molecule has 1 aromatic rings. The number of carboxylic acid groups (broad SMARTS) is 2. The van der Waals surface area contributed by atoms with Crippen LogP contribution in [0.25, 0.3) is 0 Å². The molecule has 0 fully saturated rings. The Kier molecular flexibility index (Phi) is 15.0. The first-order valence-electron chi connectivity index (χ1n) is 15.1. The summed E-state index contributed by atoms with van der Waals surface area (Å²) in [6, 6.07) is 0. The lowest BCUT2D eigenvalue weighted by atomic mass is 9.84. The lowest BCUT2D eigenvalue weighted by molar-refractivity contribution is -0.143. The van der Waals surface area contributed by atoms with Crippen LogP contribution in [0.1, 0.15) is 134 Å². The summed E-state index contributed by atoms with van der Waals surface area (Å²) in [7, 11) is 0. The molecule has 6 nitrogen and oxygen atoms in total. The van der Waals surface area contributed by atoms with Gasteiger partial charge in [0, 0.05) is 5.56 Å². The van der Waals surface area contributed by atoms with Gasteiger partial charge in [-0.05, 0) is 87.8 Å². The van der Waals surface area contributed by atoms with E-state index in [1.165, 1.54) is 56.9 Å². The van der Waals surface area contributed by atoms with Crippen molar-refractivity contribution in [3.8, 4) is 11.5 Å². The van der Waals surface area contributed by atoms with Gasteiger partial charge < -0.3 is 20.1 Å². The SMILES string of the molecule is Cc1c(C)c2c(c(C)c1O)CC[C@@](C)(CCC[C@H](C)CCC[C@H](C)CCCC(C)C)O2.O=C(O)CCC(=O)O. The van der Waals surface area contributed by atoms with E-state index in [0.29, 0.717) is 5.75 Å². The first kappa shape index (κ1) is 34.8. The number of phenols is 1. The number of hydrogen-bond acceptors (Lipinski definition) is 4. The molecule has 0 spiro atoms. The van der Waals surface area contributed by atoms with Crippen molar-refractivity contribution in [3.63, 3.8) is 0 Å². The Bertz CT molecular complexity index is 908. The monoisotopic (exact) mass is 548 g/mol. The maximum Gasteiger partial charge on any atom is 0.303 e. The van der Waals surface area contributed by atoms with Gasteiger partial charge in [-0.25, -0.2) is 0 Å². The molecular weight excluding hydrogens is 492 g/mol. The molecule has 0 aromatic heterocycles. The zero-order chi connectivity index (χ0) is 29.8. The van der Waals surface area contributed by atoms with Crippen molar-refractivity contribution < 1.29 is 29.6 Å². The zero-order valence-corrected chi connectivity index (χ0v) is 26.0. The normalized spacial score (nSPS) is 18.0.